The summed E-state index contributed by atoms with van der Waals surface area (Å²) < 4.78 is 51.7. The Morgan fingerprint density at radius 2 is 1.66 bits per heavy atom. The molecule has 0 saturated carbocycles. The predicted molar refractivity (Wildman–Crippen MR) is 130 cm³/mol. The van der Waals surface area contributed by atoms with E-state index in [1.54, 1.807) is 25.4 Å². The monoisotopic (exact) mass is 530 g/mol. The van der Waals surface area contributed by atoms with Crippen molar-refractivity contribution in [2.75, 3.05) is 32.1 Å². The van der Waals surface area contributed by atoms with Gasteiger partial charge in [-0.05, 0) is 24.3 Å². The van der Waals surface area contributed by atoms with E-state index < -0.39 is 11.8 Å². The number of hydrogen-bond donors (Lipinski definition) is 1. The second-order valence-corrected chi connectivity index (χ2v) is 8.44. The Bertz CT molecular complexity index is 1270. The maximum absolute atomic E-state index is 13.1. The van der Waals surface area contributed by atoms with E-state index in [-0.39, 0.29) is 50.1 Å². The molecule has 0 aliphatic carbocycles. The van der Waals surface area contributed by atoms with Gasteiger partial charge >= 0.3 is 11.8 Å². The molecule has 38 heavy (non-hydrogen) atoms. The first-order chi connectivity index (χ1) is 18.2. The quantitative estimate of drug-likeness (QED) is 0.381. The number of amides is 2. The molecule has 10 nitrogen and oxygen atoms in total. The van der Waals surface area contributed by atoms with Crippen molar-refractivity contribution in [3.8, 4) is 11.5 Å². The molecule has 1 N–H and O–H groups in total. The number of anilines is 1. The number of hydrogen-bond acceptors (Lipinski definition) is 7. The molecule has 0 unspecified atom stereocenters. The minimum Gasteiger partial charge on any atom is -0.493 e. The summed E-state index contributed by atoms with van der Waals surface area (Å²) >= 11 is 0. The number of ether oxygens (including phenoxy) is 2. The topological polar surface area (TPSA) is 110 Å². The minimum absolute atomic E-state index is 0.0509. The molecule has 0 spiro atoms. The van der Waals surface area contributed by atoms with Crippen molar-refractivity contribution in [3.63, 3.8) is 0 Å². The van der Waals surface area contributed by atoms with Crippen LogP contribution < -0.4 is 14.8 Å². The zero-order valence-electron chi connectivity index (χ0n) is 20.4. The number of alkyl halides is 3. The van der Waals surface area contributed by atoms with Crippen LogP contribution in [0.5, 0.6) is 11.5 Å². The van der Waals surface area contributed by atoms with Crippen LogP contribution in [0.1, 0.15) is 12.0 Å². The van der Waals surface area contributed by atoms with Crippen LogP contribution in [0.3, 0.4) is 0 Å². The smallest absolute Gasteiger partial charge is 0.442 e. The molecule has 1 aromatic heterocycles. The van der Waals surface area contributed by atoms with Gasteiger partial charge in [0.25, 0.3) is 0 Å². The van der Waals surface area contributed by atoms with Crippen LogP contribution in [0.15, 0.2) is 77.2 Å². The van der Waals surface area contributed by atoms with Crippen molar-refractivity contribution in [2.45, 2.75) is 24.8 Å². The number of para-hydroxylation sites is 1. The van der Waals surface area contributed by atoms with Crippen molar-refractivity contribution in [3.05, 3.63) is 72.6 Å². The summed E-state index contributed by atoms with van der Waals surface area (Å²) in [5.74, 6) is 0.544. The first-order valence-corrected chi connectivity index (χ1v) is 11.6. The van der Waals surface area contributed by atoms with Crippen LogP contribution in [-0.2, 0) is 21.8 Å². The zero-order valence-corrected chi connectivity index (χ0v) is 20.4. The van der Waals surface area contributed by atoms with E-state index >= 15 is 0 Å². The highest BCUT2D eigenvalue weighted by Gasteiger charge is 2.65. The predicted octanol–water partition coefficient (Wildman–Crippen LogP) is 4.01. The van der Waals surface area contributed by atoms with Gasteiger partial charge in [-0.15, -0.1) is 10.2 Å². The van der Waals surface area contributed by atoms with Gasteiger partial charge in [-0.2, -0.15) is 18.3 Å². The second kappa shape index (κ2) is 11.3. The fraction of sp³-hybridized carbons (Fsp3) is 0.320. The Morgan fingerprint density at radius 3 is 2.32 bits per heavy atom. The summed E-state index contributed by atoms with van der Waals surface area (Å²) in [7, 11) is 1.59. The average Bonchev–Trinajstić information content (AvgIpc) is 3.61. The number of nitrogens with one attached hydrogen (secondary N) is 1. The Kier molecular flexibility index (Phi) is 7.93. The number of halogens is 3. The van der Waals surface area contributed by atoms with E-state index in [4.69, 9.17) is 9.47 Å². The third kappa shape index (κ3) is 6.66. The van der Waals surface area contributed by atoms with Gasteiger partial charge in [0.15, 0.2) is 0 Å². The lowest BCUT2D eigenvalue weighted by molar-refractivity contribution is -0.166. The Labute approximate surface area is 216 Å². The van der Waals surface area contributed by atoms with E-state index in [1.165, 1.54) is 40.0 Å². The van der Waals surface area contributed by atoms with Gasteiger partial charge in [-0.1, -0.05) is 30.3 Å². The van der Waals surface area contributed by atoms with Crippen LogP contribution in [0.4, 0.5) is 18.9 Å². The van der Waals surface area contributed by atoms with E-state index in [0.717, 1.165) is 0 Å². The van der Waals surface area contributed by atoms with Crippen LogP contribution in [0.25, 0.3) is 0 Å². The molecule has 0 atom stereocenters. The largest absolute Gasteiger partial charge is 0.493 e. The van der Waals surface area contributed by atoms with Gasteiger partial charge in [0.1, 0.15) is 24.7 Å². The molecule has 2 heterocycles. The number of carbonyl (C=O) groups is 2. The highest BCUT2D eigenvalue weighted by molar-refractivity contribution is 5.90. The molecule has 0 bridgehead atoms. The molecule has 1 aliphatic rings. The van der Waals surface area contributed by atoms with Crippen LogP contribution in [-0.4, -0.2) is 59.5 Å². The van der Waals surface area contributed by atoms with Gasteiger partial charge < -0.3 is 19.7 Å². The summed E-state index contributed by atoms with van der Waals surface area (Å²) in [4.78, 5) is 26.1. The lowest BCUT2D eigenvalue weighted by Crippen LogP contribution is -2.33. The summed E-state index contributed by atoms with van der Waals surface area (Å²) in [6, 6.07) is 14.5. The lowest BCUT2D eigenvalue weighted by Gasteiger charge is -2.18. The number of carbonyl (C=O) groups excluding carboxylic acids is 2. The zero-order chi connectivity index (χ0) is 27.2. The Morgan fingerprint density at radius 1 is 1.00 bits per heavy atom. The third-order valence-electron chi connectivity index (χ3n) is 5.63. The Balaban J connectivity index is 1.16. The fourth-order valence-electron chi connectivity index (χ4n) is 3.43. The molecular formula is C25H25F3N6O4. The van der Waals surface area contributed by atoms with Gasteiger partial charge in [0, 0.05) is 18.8 Å². The number of aromatic nitrogens is 2. The summed E-state index contributed by atoms with van der Waals surface area (Å²) in [6.45, 7) is 0.542. The molecule has 2 amide bonds. The normalized spacial score (nSPS) is 13.6. The molecular weight excluding hydrogens is 505 g/mol. The number of nitrogens with zero attached hydrogens (tertiary/aromatic N) is 5. The maximum atomic E-state index is 13.1. The number of rotatable bonds is 12. The maximum Gasteiger partial charge on any atom is 0.442 e. The SMILES string of the molecule is CN(CCOc1ccc(C2(C(F)(F)F)N=N2)cc1)C(=O)Cn1cc(NC(=O)CCOc2ccccc2)cn1. The first-order valence-electron chi connectivity index (χ1n) is 11.6. The highest BCUT2D eigenvalue weighted by atomic mass is 19.4. The molecule has 0 saturated heterocycles. The van der Waals surface area contributed by atoms with E-state index in [2.05, 4.69) is 20.6 Å². The number of benzene rings is 2. The number of likely N-dealkylation sites (N-methyl/N-ethyl adjacent to an activating group) is 1. The fourth-order valence-corrected chi connectivity index (χ4v) is 3.43. The molecule has 0 radical (unpaired) electrons. The third-order valence-corrected chi connectivity index (χ3v) is 5.63. The van der Waals surface area contributed by atoms with Gasteiger partial charge in [0.05, 0.1) is 31.5 Å². The average molecular weight is 531 g/mol. The van der Waals surface area contributed by atoms with Crippen molar-refractivity contribution >= 4 is 17.5 Å². The van der Waals surface area contributed by atoms with E-state index in [9.17, 15) is 22.8 Å². The van der Waals surface area contributed by atoms with Crippen molar-refractivity contribution in [1.82, 2.24) is 14.7 Å². The second-order valence-electron chi connectivity index (χ2n) is 8.44. The first kappa shape index (κ1) is 26.6. The van der Waals surface area contributed by atoms with Crippen molar-refractivity contribution < 1.29 is 32.2 Å². The van der Waals surface area contributed by atoms with Crippen LogP contribution in [0, 0.1) is 0 Å². The molecule has 1 aliphatic heterocycles. The van der Waals surface area contributed by atoms with Crippen molar-refractivity contribution in [2.24, 2.45) is 10.2 Å². The molecule has 0 fully saturated rings. The highest BCUT2D eigenvalue weighted by Crippen LogP contribution is 2.52. The summed E-state index contributed by atoms with van der Waals surface area (Å²) in [5.41, 5.74) is -2.10. The lowest BCUT2D eigenvalue weighted by atomic mass is 10.0. The van der Waals surface area contributed by atoms with Gasteiger partial charge in [-0.25, -0.2) is 0 Å². The summed E-state index contributed by atoms with van der Waals surface area (Å²) in [6.07, 6.45) is -1.44. The molecule has 13 heteroatoms. The van der Waals surface area contributed by atoms with E-state index in [1.807, 2.05) is 18.2 Å². The standard InChI is InChI=1S/C25H25F3N6O4/c1-33(12-14-38-21-9-7-18(8-10-21)24(31-32-24)25(26,27)28)23(36)17-34-16-19(15-29-34)30-22(35)11-13-37-20-5-3-2-4-6-20/h2-10,15-16H,11-14,17H2,1H3,(H,30,35). The minimum atomic E-state index is -4.59. The van der Waals surface area contributed by atoms with Gasteiger partial charge in [-0.3, -0.25) is 14.3 Å². The van der Waals surface area contributed by atoms with Crippen LogP contribution in [0.2, 0.25) is 0 Å². The van der Waals surface area contributed by atoms with Crippen molar-refractivity contribution in [1.29, 1.82) is 0 Å². The Hall–Kier alpha value is -4.42. The summed E-state index contributed by atoms with van der Waals surface area (Å²) in [5, 5.41) is 13.1. The molecule has 3 aromatic rings. The molecule has 4 rings (SSSR count). The van der Waals surface area contributed by atoms with E-state index in [0.29, 0.717) is 17.2 Å². The molecule has 2 aromatic carbocycles. The molecule has 200 valence electrons. The van der Waals surface area contributed by atoms with Crippen LogP contribution >= 0.6 is 0 Å². The van der Waals surface area contributed by atoms with Gasteiger partial charge in [0.2, 0.25) is 11.8 Å².